The molecule has 0 aromatic carbocycles. The zero-order valence-corrected chi connectivity index (χ0v) is 14.5. The normalized spacial score (nSPS) is 13.8. The SMILES string of the molecule is Cc1nc2c(c(N(C)C)n1)CCN(C(=O)c1cn3cccnc3n1)C2. The van der Waals surface area contributed by atoms with E-state index in [-0.39, 0.29) is 5.91 Å². The van der Waals surface area contributed by atoms with Gasteiger partial charge in [-0.3, -0.25) is 9.20 Å². The molecule has 1 aliphatic heterocycles. The predicted octanol–water partition coefficient (Wildman–Crippen LogP) is 1.09. The molecule has 4 heterocycles. The molecule has 3 aromatic rings. The van der Waals surface area contributed by atoms with E-state index in [9.17, 15) is 4.79 Å². The first-order valence-corrected chi connectivity index (χ1v) is 8.15. The second kappa shape index (κ2) is 5.80. The van der Waals surface area contributed by atoms with Crippen molar-refractivity contribution < 1.29 is 4.79 Å². The maximum absolute atomic E-state index is 12.9. The van der Waals surface area contributed by atoms with Gasteiger partial charge in [0.15, 0.2) is 0 Å². The maximum atomic E-state index is 12.9. The number of aromatic nitrogens is 5. The molecule has 0 atom stereocenters. The van der Waals surface area contributed by atoms with Crippen molar-refractivity contribution >= 4 is 17.5 Å². The number of anilines is 1. The van der Waals surface area contributed by atoms with E-state index in [4.69, 9.17) is 0 Å². The maximum Gasteiger partial charge on any atom is 0.274 e. The zero-order chi connectivity index (χ0) is 17.6. The van der Waals surface area contributed by atoms with E-state index in [1.807, 2.05) is 38.2 Å². The highest BCUT2D eigenvalue weighted by Gasteiger charge is 2.27. The summed E-state index contributed by atoms with van der Waals surface area (Å²) in [5.74, 6) is 2.08. The molecule has 4 rings (SSSR count). The molecule has 128 valence electrons. The molecule has 0 unspecified atom stereocenters. The van der Waals surface area contributed by atoms with E-state index >= 15 is 0 Å². The molecule has 0 bridgehead atoms. The van der Waals surface area contributed by atoms with Crippen LogP contribution in [0.5, 0.6) is 0 Å². The summed E-state index contributed by atoms with van der Waals surface area (Å²) >= 11 is 0. The molecule has 25 heavy (non-hydrogen) atoms. The molecular formula is C17H19N7O. The van der Waals surface area contributed by atoms with Crippen molar-refractivity contribution in [3.8, 4) is 0 Å². The number of fused-ring (bicyclic) bond motifs is 2. The Kier molecular flexibility index (Phi) is 3.60. The lowest BCUT2D eigenvalue weighted by Crippen LogP contribution is -2.37. The fourth-order valence-electron chi connectivity index (χ4n) is 3.17. The number of carbonyl (C=O) groups excluding carboxylic acids is 1. The molecule has 0 fully saturated rings. The second-order valence-corrected chi connectivity index (χ2v) is 6.34. The molecule has 0 N–H and O–H groups in total. The van der Waals surface area contributed by atoms with E-state index in [2.05, 4.69) is 19.9 Å². The number of nitrogens with zero attached hydrogens (tertiary/aromatic N) is 7. The van der Waals surface area contributed by atoms with Crippen LogP contribution in [0.15, 0.2) is 24.7 Å². The van der Waals surface area contributed by atoms with Gasteiger partial charge >= 0.3 is 0 Å². The van der Waals surface area contributed by atoms with Crippen molar-refractivity contribution in [1.82, 2.24) is 29.2 Å². The van der Waals surface area contributed by atoms with Crippen LogP contribution >= 0.6 is 0 Å². The molecule has 1 amide bonds. The molecular weight excluding hydrogens is 318 g/mol. The highest BCUT2D eigenvalue weighted by molar-refractivity contribution is 5.93. The van der Waals surface area contributed by atoms with Gasteiger partial charge in [-0.05, 0) is 19.4 Å². The minimum Gasteiger partial charge on any atom is -0.362 e. The molecule has 0 spiro atoms. The van der Waals surface area contributed by atoms with Crippen molar-refractivity contribution in [3.05, 3.63) is 47.4 Å². The van der Waals surface area contributed by atoms with Gasteiger partial charge in [-0.25, -0.2) is 19.9 Å². The van der Waals surface area contributed by atoms with Crippen molar-refractivity contribution in [2.45, 2.75) is 19.9 Å². The Morgan fingerprint density at radius 2 is 2.08 bits per heavy atom. The van der Waals surface area contributed by atoms with Crippen LogP contribution in [0.25, 0.3) is 5.78 Å². The summed E-state index contributed by atoms with van der Waals surface area (Å²) in [7, 11) is 3.95. The summed E-state index contributed by atoms with van der Waals surface area (Å²) in [6, 6.07) is 1.81. The zero-order valence-electron chi connectivity index (χ0n) is 14.5. The van der Waals surface area contributed by atoms with Crippen LogP contribution in [-0.4, -0.2) is 55.8 Å². The third-order valence-corrected chi connectivity index (χ3v) is 4.32. The fraction of sp³-hybridized carbons (Fsp3) is 0.353. The number of imidazole rings is 1. The van der Waals surface area contributed by atoms with E-state index < -0.39 is 0 Å². The summed E-state index contributed by atoms with van der Waals surface area (Å²) in [6.45, 7) is 2.97. The molecule has 8 heteroatoms. The highest BCUT2D eigenvalue weighted by Crippen LogP contribution is 2.26. The van der Waals surface area contributed by atoms with Gasteiger partial charge in [-0.15, -0.1) is 0 Å². The van der Waals surface area contributed by atoms with Crippen LogP contribution in [-0.2, 0) is 13.0 Å². The number of amides is 1. The van der Waals surface area contributed by atoms with Gasteiger partial charge in [0, 0.05) is 44.8 Å². The summed E-state index contributed by atoms with van der Waals surface area (Å²) < 4.78 is 1.75. The van der Waals surface area contributed by atoms with Crippen LogP contribution in [0, 0.1) is 6.92 Å². The largest absolute Gasteiger partial charge is 0.362 e. The molecule has 0 radical (unpaired) electrons. The summed E-state index contributed by atoms with van der Waals surface area (Å²) in [4.78, 5) is 34.2. The molecule has 0 saturated heterocycles. The third-order valence-electron chi connectivity index (χ3n) is 4.32. The lowest BCUT2D eigenvalue weighted by molar-refractivity contribution is 0.0726. The third kappa shape index (κ3) is 2.69. The second-order valence-electron chi connectivity index (χ2n) is 6.34. The number of aryl methyl sites for hydroxylation is 1. The minimum atomic E-state index is -0.0983. The van der Waals surface area contributed by atoms with Crippen molar-refractivity contribution in [2.24, 2.45) is 0 Å². The first-order chi connectivity index (χ1) is 12.0. The lowest BCUT2D eigenvalue weighted by Gasteiger charge is -2.30. The minimum absolute atomic E-state index is 0.0983. The average Bonchev–Trinajstić information content (AvgIpc) is 3.03. The first kappa shape index (κ1) is 15.5. The van der Waals surface area contributed by atoms with E-state index in [0.29, 0.717) is 30.4 Å². The van der Waals surface area contributed by atoms with Crippen molar-refractivity contribution in [2.75, 3.05) is 25.5 Å². The van der Waals surface area contributed by atoms with Gasteiger partial charge in [0.25, 0.3) is 5.91 Å². The standard InChI is InChI=1S/C17H19N7O/c1-11-19-13-9-23(8-5-12(13)15(20-11)22(2)3)16(25)14-10-24-7-4-6-18-17(24)21-14/h4,6-7,10H,5,8-9H2,1-3H3. The number of hydrogen-bond acceptors (Lipinski definition) is 6. The smallest absolute Gasteiger partial charge is 0.274 e. The molecule has 1 aliphatic rings. The van der Waals surface area contributed by atoms with Gasteiger partial charge in [0.05, 0.1) is 12.2 Å². The van der Waals surface area contributed by atoms with E-state index in [0.717, 1.165) is 23.5 Å². The molecule has 8 nitrogen and oxygen atoms in total. The Morgan fingerprint density at radius 3 is 2.84 bits per heavy atom. The van der Waals surface area contributed by atoms with Gasteiger partial charge in [-0.1, -0.05) is 0 Å². The quantitative estimate of drug-likeness (QED) is 0.696. The highest BCUT2D eigenvalue weighted by atomic mass is 16.2. The molecule has 0 saturated carbocycles. The van der Waals surface area contributed by atoms with E-state index in [1.165, 1.54) is 0 Å². The number of rotatable bonds is 2. The van der Waals surface area contributed by atoms with Crippen LogP contribution in [0.1, 0.15) is 27.6 Å². The predicted molar refractivity (Wildman–Crippen MR) is 92.5 cm³/mol. The van der Waals surface area contributed by atoms with Gasteiger partial charge in [0.1, 0.15) is 17.3 Å². The average molecular weight is 337 g/mol. The van der Waals surface area contributed by atoms with Crippen LogP contribution in [0.3, 0.4) is 0 Å². The Hall–Kier alpha value is -3.03. The Balaban J connectivity index is 1.64. The van der Waals surface area contributed by atoms with Crippen molar-refractivity contribution in [3.63, 3.8) is 0 Å². The Morgan fingerprint density at radius 1 is 1.24 bits per heavy atom. The summed E-state index contributed by atoms with van der Waals surface area (Å²) in [6.07, 6.45) is 5.95. The summed E-state index contributed by atoms with van der Waals surface area (Å²) in [5.41, 5.74) is 2.44. The van der Waals surface area contributed by atoms with Gasteiger partial charge in [0.2, 0.25) is 5.78 Å². The van der Waals surface area contributed by atoms with Crippen molar-refractivity contribution in [1.29, 1.82) is 0 Å². The lowest BCUT2D eigenvalue weighted by atomic mass is 10.0. The van der Waals surface area contributed by atoms with Gasteiger partial charge in [-0.2, -0.15) is 0 Å². The first-order valence-electron chi connectivity index (χ1n) is 8.15. The topological polar surface area (TPSA) is 79.5 Å². The molecule has 0 aliphatic carbocycles. The number of carbonyl (C=O) groups is 1. The summed E-state index contributed by atoms with van der Waals surface area (Å²) in [5, 5.41) is 0. The van der Waals surface area contributed by atoms with Crippen LogP contribution < -0.4 is 4.90 Å². The van der Waals surface area contributed by atoms with Crippen LogP contribution in [0.2, 0.25) is 0 Å². The Labute approximate surface area is 145 Å². The number of hydrogen-bond donors (Lipinski definition) is 0. The van der Waals surface area contributed by atoms with Crippen LogP contribution in [0.4, 0.5) is 5.82 Å². The van der Waals surface area contributed by atoms with Gasteiger partial charge < -0.3 is 9.80 Å². The Bertz CT molecular complexity index is 930. The van der Waals surface area contributed by atoms with E-state index in [1.54, 1.807) is 21.7 Å². The fourth-order valence-corrected chi connectivity index (χ4v) is 3.17. The monoisotopic (exact) mass is 337 g/mol. The molecule has 3 aromatic heterocycles.